The van der Waals surface area contributed by atoms with Crippen molar-refractivity contribution in [2.24, 2.45) is 0 Å². The van der Waals surface area contributed by atoms with E-state index in [2.05, 4.69) is 0 Å². The highest BCUT2D eigenvalue weighted by Crippen LogP contribution is 2.18. The minimum Gasteiger partial charge on any atom is -0.290 e. The van der Waals surface area contributed by atoms with Gasteiger partial charge in [-0.3, -0.25) is 9.59 Å². The smallest absolute Gasteiger partial charge is 0.227 e. The maximum atomic E-state index is 12.3. The van der Waals surface area contributed by atoms with E-state index in [-0.39, 0.29) is 3.58 Å². The van der Waals surface area contributed by atoms with Gasteiger partial charge in [0.05, 0.1) is 3.58 Å². The fourth-order valence-electron chi connectivity index (χ4n) is 0.537. The Bertz CT molecular complexity index is 241. The Hall–Kier alpha value is -0.520. The minimum absolute atomic E-state index is 0.127. The van der Waals surface area contributed by atoms with Crippen molar-refractivity contribution >= 4 is 34.2 Å². The van der Waals surface area contributed by atoms with Gasteiger partial charge in [-0.1, -0.05) is 0 Å². The molecule has 0 saturated carbocycles. The van der Waals surface area contributed by atoms with Crippen LogP contribution in [-0.2, 0) is 9.59 Å². The predicted octanol–water partition coefficient (Wildman–Crippen LogP) is 1.31. The lowest BCUT2D eigenvalue weighted by atomic mass is 10.1. The van der Waals surface area contributed by atoms with Gasteiger partial charge in [0.15, 0.2) is 11.6 Å². The lowest BCUT2D eigenvalue weighted by molar-refractivity contribution is -0.115. The van der Waals surface area contributed by atoms with Crippen LogP contribution in [0.1, 0.15) is 0 Å². The van der Waals surface area contributed by atoms with Crippen LogP contribution in [0.15, 0.2) is 21.6 Å². The molecule has 4 heteroatoms. The molecule has 0 saturated heterocycles. The van der Waals surface area contributed by atoms with Gasteiger partial charge in [0, 0.05) is 12.2 Å². The second kappa shape index (κ2) is 2.61. The van der Waals surface area contributed by atoms with Crippen molar-refractivity contribution in [3.8, 4) is 0 Å². The number of ketones is 2. The van der Waals surface area contributed by atoms with Crippen molar-refractivity contribution in [2.75, 3.05) is 0 Å². The highest BCUT2D eigenvalue weighted by molar-refractivity contribution is 14.1. The van der Waals surface area contributed by atoms with Gasteiger partial charge >= 0.3 is 0 Å². The zero-order valence-electron chi connectivity index (χ0n) is 4.73. The van der Waals surface area contributed by atoms with Crippen LogP contribution in [0, 0.1) is 0 Å². The maximum Gasteiger partial charge on any atom is 0.227 e. The van der Waals surface area contributed by atoms with Crippen LogP contribution in [0.25, 0.3) is 0 Å². The van der Waals surface area contributed by atoms with E-state index >= 15 is 0 Å². The van der Waals surface area contributed by atoms with Crippen molar-refractivity contribution in [3.63, 3.8) is 0 Å². The van der Waals surface area contributed by atoms with E-state index in [9.17, 15) is 14.0 Å². The molecule has 0 amide bonds. The number of Topliss-reactive ketones (excluding diaryl/α,β-unsaturated/α-hetero) is 1. The van der Waals surface area contributed by atoms with Crippen LogP contribution in [0.5, 0.6) is 0 Å². The highest BCUT2D eigenvalue weighted by Gasteiger charge is 2.18. The van der Waals surface area contributed by atoms with Crippen LogP contribution in [0.4, 0.5) is 4.39 Å². The van der Waals surface area contributed by atoms with Gasteiger partial charge in [-0.05, 0) is 22.6 Å². The fraction of sp³-hybridized carbons (Fsp3) is 0. The fourth-order valence-corrected chi connectivity index (χ4v) is 1.10. The third-order valence-electron chi connectivity index (χ3n) is 0.972. The van der Waals surface area contributed by atoms with E-state index in [1.165, 1.54) is 0 Å². The molecule has 0 aromatic heterocycles. The molecule has 0 spiro atoms. The summed E-state index contributed by atoms with van der Waals surface area (Å²) in [7, 11) is 0. The number of rotatable bonds is 0. The lowest BCUT2D eigenvalue weighted by Gasteiger charge is -1.99. The second-order valence-electron chi connectivity index (χ2n) is 1.72. The predicted molar refractivity (Wildman–Crippen MR) is 41.3 cm³/mol. The van der Waals surface area contributed by atoms with Crippen LogP contribution in [0.3, 0.4) is 0 Å². The summed E-state index contributed by atoms with van der Waals surface area (Å²) in [6.07, 6.45) is 1.79. The van der Waals surface area contributed by atoms with Crippen molar-refractivity contribution in [1.82, 2.24) is 0 Å². The van der Waals surface area contributed by atoms with Gasteiger partial charge in [-0.25, -0.2) is 4.39 Å². The van der Waals surface area contributed by atoms with Crippen molar-refractivity contribution in [1.29, 1.82) is 0 Å². The number of allylic oxidation sites excluding steroid dienone is 4. The van der Waals surface area contributed by atoms with Crippen molar-refractivity contribution < 1.29 is 14.0 Å². The maximum absolute atomic E-state index is 12.3. The number of hydrogen-bond acceptors (Lipinski definition) is 2. The summed E-state index contributed by atoms with van der Waals surface area (Å²) in [6, 6.07) is 0. The molecule has 0 bridgehead atoms. The molecule has 2 nitrogen and oxygen atoms in total. The summed E-state index contributed by atoms with van der Waals surface area (Å²) < 4.78 is 12.5. The molecule has 52 valence electrons. The van der Waals surface area contributed by atoms with Crippen LogP contribution < -0.4 is 0 Å². The topological polar surface area (TPSA) is 34.1 Å². The Kier molecular flexibility index (Phi) is 1.98. The van der Waals surface area contributed by atoms with E-state index < -0.39 is 17.4 Å². The van der Waals surface area contributed by atoms with Crippen molar-refractivity contribution in [2.45, 2.75) is 0 Å². The number of hydrogen-bond donors (Lipinski definition) is 0. The van der Waals surface area contributed by atoms with Crippen LogP contribution >= 0.6 is 22.6 Å². The monoisotopic (exact) mass is 252 g/mol. The molecule has 1 aliphatic carbocycles. The first kappa shape index (κ1) is 7.59. The first-order valence-electron chi connectivity index (χ1n) is 2.44. The lowest BCUT2D eigenvalue weighted by Crippen LogP contribution is -2.07. The average molecular weight is 252 g/mol. The van der Waals surface area contributed by atoms with Gasteiger partial charge in [-0.15, -0.1) is 0 Å². The van der Waals surface area contributed by atoms with E-state index in [1.807, 2.05) is 0 Å². The summed E-state index contributed by atoms with van der Waals surface area (Å²) >= 11 is 1.62. The zero-order valence-corrected chi connectivity index (χ0v) is 6.88. The third kappa shape index (κ3) is 1.31. The third-order valence-corrected chi connectivity index (χ3v) is 1.77. The molecule has 0 radical (unpaired) electrons. The summed E-state index contributed by atoms with van der Waals surface area (Å²) in [5.41, 5.74) is 0. The number of halogens is 2. The molecule has 1 rings (SSSR count). The molecule has 1 aliphatic rings. The highest BCUT2D eigenvalue weighted by atomic mass is 127. The SMILES string of the molecule is O=C1C=C(F)C(=O)C(I)=C1. The molecule has 0 fully saturated rings. The van der Waals surface area contributed by atoms with E-state index in [1.54, 1.807) is 22.6 Å². The molecule has 0 N–H and O–H groups in total. The molecule has 0 aliphatic heterocycles. The Labute approximate surface area is 69.9 Å². The Morgan fingerprint density at radius 3 is 2.40 bits per heavy atom. The standard InChI is InChI=1S/C6H2FIO2/c7-4-1-3(9)2-5(8)6(4)10/h1-2H. The molecule has 10 heavy (non-hydrogen) atoms. The Balaban J connectivity index is 3.05. The van der Waals surface area contributed by atoms with Crippen LogP contribution in [0.2, 0.25) is 0 Å². The second-order valence-corrected chi connectivity index (χ2v) is 2.88. The first-order valence-corrected chi connectivity index (χ1v) is 3.52. The van der Waals surface area contributed by atoms with Gasteiger partial charge < -0.3 is 0 Å². The summed E-state index contributed by atoms with van der Waals surface area (Å²) in [5.74, 6) is -2.15. The first-order chi connectivity index (χ1) is 4.61. The molecule has 0 aromatic carbocycles. The Morgan fingerprint density at radius 1 is 1.30 bits per heavy atom. The molecule has 0 atom stereocenters. The van der Waals surface area contributed by atoms with Crippen LogP contribution in [-0.4, -0.2) is 11.6 Å². The quantitative estimate of drug-likeness (QED) is 0.481. The molecule has 0 unspecified atom stereocenters. The van der Waals surface area contributed by atoms with Gasteiger partial charge in [0.2, 0.25) is 5.78 Å². The Morgan fingerprint density at radius 2 is 1.90 bits per heavy atom. The minimum atomic E-state index is -0.975. The molecular formula is C6H2FIO2. The van der Waals surface area contributed by atoms with Gasteiger partial charge in [0.25, 0.3) is 0 Å². The van der Waals surface area contributed by atoms with E-state index in [0.29, 0.717) is 6.08 Å². The molecule has 0 aromatic rings. The average Bonchev–Trinajstić information content (AvgIpc) is 1.82. The normalized spacial score (nSPS) is 18.6. The summed E-state index contributed by atoms with van der Waals surface area (Å²) in [6.45, 7) is 0. The van der Waals surface area contributed by atoms with E-state index in [4.69, 9.17) is 0 Å². The number of carbonyl (C=O) groups excluding carboxylic acids is 2. The number of carbonyl (C=O) groups is 2. The van der Waals surface area contributed by atoms with Crippen molar-refractivity contribution in [3.05, 3.63) is 21.6 Å². The summed E-state index contributed by atoms with van der Waals surface area (Å²) in [5, 5.41) is 0. The summed E-state index contributed by atoms with van der Waals surface area (Å²) in [4.78, 5) is 21.1. The zero-order chi connectivity index (χ0) is 7.72. The molecule has 0 heterocycles. The van der Waals surface area contributed by atoms with Gasteiger partial charge in [0.1, 0.15) is 0 Å². The van der Waals surface area contributed by atoms with Gasteiger partial charge in [-0.2, -0.15) is 0 Å². The largest absolute Gasteiger partial charge is 0.290 e. The van der Waals surface area contributed by atoms with E-state index in [0.717, 1.165) is 6.08 Å². The molecular weight excluding hydrogens is 250 g/mol.